The van der Waals surface area contributed by atoms with Crippen LogP contribution in [0, 0.1) is 5.92 Å². The van der Waals surface area contributed by atoms with Crippen molar-refractivity contribution in [2.45, 2.75) is 46.0 Å². The predicted octanol–water partition coefficient (Wildman–Crippen LogP) is 4.47. The standard InChI is InChI=1S/C23H33N2O5S/c1-17(2)5-6-18-7-9-19(10-8-18)14-24-16-23(26)25(31(24,27)28)15-20-11-12-21(29-3)13-22(20)30-4/h7-13,23,26-28H,5-6,14-16H2,1-4H3. The summed E-state index contributed by atoms with van der Waals surface area (Å²) < 4.78 is 35.4. The summed E-state index contributed by atoms with van der Waals surface area (Å²) in [5.41, 5.74) is 2.96. The molecule has 0 aliphatic carbocycles. The monoisotopic (exact) mass is 449 g/mol. The Morgan fingerprint density at radius 3 is 2.29 bits per heavy atom. The highest BCUT2D eigenvalue weighted by Gasteiger charge is 2.43. The molecule has 3 rings (SSSR count). The first-order valence-corrected chi connectivity index (χ1v) is 11.8. The van der Waals surface area contributed by atoms with E-state index in [9.17, 15) is 14.2 Å². The van der Waals surface area contributed by atoms with Gasteiger partial charge >= 0.3 is 0 Å². The molecule has 1 atom stereocenters. The molecule has 1 heterocycles. The van der Waals surface area contributed by atoms with E-state index < -0.39 is 17.2 Å². The quantitative estimate of drug-likeness (QED) is 0.521. The number of hydrogen-bond donors (Lipinski definition) is 3. The first kappa shape index (κ1) is 23.8. The average molecular weight is 450 g/mol. The Morgan fingerprint density at radius 1 is 1.00 bits per heavy atom. The van der Waals surface area contributed by atoms with Crippen molar-refractivity contribution in [3.05, 3.63) is 65.1 Å². The molecule has 1 fully saturated rings. The summed E-state index contributed by atoms with van der Waals surface area (Å²) in [5.74, 6) is 2.61. The summed E-state index contributed by atoms with van der Waals surface area (Å²) in [6.45, 7) is 4.89. The minimum atomic E-state index is -3.32. The van der Waals surface area contributed by atoms with Crippen LogP contribution in [-0.4, -0.2) is 49.8 Å². The molecule has 0 saturated carbocycles. The number of nitrogens with zero attached hydrogens (tertiary/aromatic N) is 2. The van der Waals surface area contributed by atoms with Crippen molar-refractivity contribution >= 4 is 11.0 Å². The van der Waals surface area contributed by atoms with Gasteiger partial charge in [0.1, 0.15) is 17.7 Å². The molecule has 0 amide bonds. The van der Waals surface area contributed by atoms with Crippen LogP contribution in [0.3, 0.4) is 0 Å². The number of hydrogen-bond acceptors (Lipinski definition) is 7. The maximum atomic E-state index is 10.9. The fraction of sp³-hybridized carbons (Fsp3) is 0.435. The van der Waals surface area contributed by atoms with E-state index in [1.807, 2.05) is 12.1 Å². The van der Waals surface area contributed by atoms with Gasteiger partial charge in [0.25, 0.3) is 0 Å². The van der Waals surface area contributed by atoms with E-state index in [1.165, 1.54) is 20.1 Å². The summed E-state index contributed by atoms with van der Waals surface area (Å²) >= 11 is 0. The topological polar surface area (TPSA) is 85.6 Å². The lowest BCUT2D eigenvalue weighted by atomic mass is 10.0. The fourth-order valence-electron chi connectivity index (χ4n) is 3.59. The summed E-state index contributed by atoms with van der Waals surface area (Å²) in [6, 6.07) is 13.5. The molecule has 0 bridgehead atoms. The normalized spacial score (nSPS) is 20.2. The minimum absolute atomic E-state index is 0.138. The molecule has 1 aliphatic rings. The number of aryl methyl sites for hydroxylation is 1. The molecule has 1 radical (unpaired) electrons. The number of β-amino-alcohol motifs (C(OH)–C–C–N with tert-alkyl or cyclic N) is 1. The Kier molecular flexibility index (Phi) is 7.85. The van der Waals surface area contributed by atoms with Gasteiger partial charge in [-0.25, -0.2) is 0 Å². The molecular weight excluding hydrogens is 416 g/mol. The maximum Gasteiger partial charge on any atom is 0.140 e. The van der Waals surface area contributed by atoms with Gasteiger partial charge in [-0.05, 0) is 36.0 Å². The zero-order valence-corrected chi connectivity index (χ0v) is 19.4. The van der Waals surface area contributed by atoms with Gasteiger partial charge in [0.05, 0.1) is 27.3 Å². The van der Waals surface area contributed by atoms with Crippen LogP contribution < -0.4 is 9.47 Å². The largest absolute Gasteiger partial charge is 0.497 e. The van der Waals surface area contributed by atoms with Gasteiger partial charge in [0, 0.05) is 18.2 Å². The molecule has 1 unspecified atom stereocenters. The Hall–Kier alpha value is -1.81. The zero-order chi connectivity index (χ0) is 22.6. The number of aliphatic hydroxyl groups is 1. The highest BCUT2D eigenvalue weighted by molar-refractivity contribution is 8.20. The molecule has 8 heteroatoms. The number of benzene rings is 2. The second-order valence-electron chi connectivity index (χ2n) is 8.07. The van der Waals surface area contributed by atoms with Crippen molar-refractivity contribution in [3.63, 3.8) is 0 Å². The van der Waals surface area contributed by atoms with Crippen LogP contribution in [0.2, 0.25) is 0 Å². The second-order valence-corrected chi connectivity index (χ2v) is 10.0. The Labute approximate surface area is 186 Å². The van der Waals surface area contributed by atoms with E-state index >= 15 is 0 Å². The molecule has 3 N–H and O–H groups in total. The lowest BCUT2D eigenvalue weighted by Gasteiger charge is -2.42. The van der Waals surface area contributed by atoms with Crippen molar-refractivity contribution in [2.24, 2.45) is 0 Å². The van der Waals surface area contributed by atoms with E-state index in [-0.39, 0.29) is 13.1 Å². The van der Waals surface area contributed by atoms with Crippen LogP contribution in [0.4, 0.5) is 0 Å². The molecule has 2 aromatic rings. The molecule has 171 valence electrons. The number of rotatable bonds is 9. The first-order chi connectivity index (χ1) is 14.7. The van der Waals surface area contributed by atoms with Crippen LogP contribution in [0.1, 0.15) is 37.0 Å². The minimum Gasteiger partial charge on any atom is -0.497 e. The summed E-state index contributed by atoms with van der Waals surface area (Å²) in [4.78, 5) is 0. The maximum absolute atomic E-state index is 10.9. The molecule has 0 aromatic heterocycles. The highest BCUT2D eigenvalue weighted by Crippen LogP contribution is 2.54. The lowest BCUT2D eigenvalue weighted by molar-refractivity contribution is 0.0681. The number of aliphatic hydroxyl groups excluding tert-OH is 1. The van der Waals surface area contributed by atoms with Crippen LogP contribution >= 0.6 is 11.0 Å². The third-order valence-corrected chi connectivity index (χ3v) is 7.45. The van der Waals surface area contributed by atoms with Gasteiger partial charge in [-0.3, -0.25) is 9.11 Å². The average Bonchev–Trinajstić information content (AvgIpc) is 2.96. The van der Waals surface area contributed by atoms with Gasteiger partial charge in [-0.2, -0.15) is 8.61 Å². The van der Waals surface area contributed by atoms with Gasteiger partial charge < -0.3 is 14.6 Å². The molecular formula is C23H33N2O5S. The van der Waals surface area contributed by atoms with E-state index in [4.69, 9.17) is 9.47 Å². The summed E-state index contributed by atoms with van der Waals surface area (Å²) in [5, 5.41) is 10.6. The van der Waals surface area contributed by atoms with Crippen LogP contribution in [0.25, 0.3) is 0 Å². The molecule has 1 aliphatic heterocycles. The molecule has 31 heavy (non-hydrogen) atoms. The van der Waals surface area contributed by atoms with Crippen molar-refractivity contribution in [1.29, 1.82) is 0 Å². The predicted molar refractivity (Wildman–Crippen MR) is 124 cm³/mol. The first-order valence-electron chi connectivity index (χ1n) is 10.3. The van der Waals surface area contributed by atoms with Crippen LogP contribution in [0.5, 0.6) is 11.5 Å². The smallest absolute Gasteiger partial charge is 0.140 e. The third kappa shape index (κ3) is 5.71. The van der Waals surface area contributed by atoms with Crippen molar-refractivity contribution in [3.8, 4) is 11.5 Å². The molecule has 1 saturated heterocycles. The third-order valence-electron chi connectivity index (χ3n) is 5.48. The van der Waals surface area contributed by atoms with Crippen molar-refractivity contribution < 1.29 is 23.7 Å². The van der Waals surface area contributed by atoms with E-state index in [1.54, 1.807) is 32.4 Å². The number of ether oxygens (including phenoxy) is 2. The lowest BCUT2D eigenvalue weighted by Crippen LogP contribution is -2.32. The Morgan fingerprint density at radius 2 is 1.68 bits per heavy atom. The van der Waals surface area contributed by atoms with Gasteiger partial charge in [-0.15, -0.1) is 0 Å². The number of methoxy groups -OCH3 is 2. The van der Waals surface area contributed by atoms with Crippen LogP contribution in [-0.2, 0) is 19.5 Å². The van der Waals surface area contributed by atoms with Gasteiger partial charge in [0.15, 0.2) is 0 Å². The van der Waals surface area contributed by atoms with Gasteiger partial charge in [-0.1, -0.05) is 55.1 Å². The van der Waals surface area contributed by atoms with E-state index in [2.05, 4.69) is 26.0 Å². The second kappa shape index (κ2) is 10.2. The Balaban J connectivity index is 1.70. The fourth-order valence-corrected chi connectivity index (χ4v) is 5.25. The zero-order valence-electron chi connectivity index (χ0n) is 18.6. The highest BCUT2D eigenvalue weighted by atomic mass is 32.3. The van der Waals surface area contributed by atoms with Crippen molar-refractivity contribution in [2.75, 3.05) is 20.8 Å². The van der Waals surface area contributed by atoms with E-state index in [0.29, 0.717) is 18.0 Å². The summed E-state index contributed by atoms with van der Waals surface area (Å²) in [6.07, 6.45) is 1.05. The van der Waals surface area contributed by atoms with Crippen molar-refractivity contribution in [1.82, 2.24) is 8.61 Å². The summed E-state index contributed by atoms with van der Waals surface area (Å²) in [7, 11) is -0.199. The van der Waals surface area contributed by atoms with Crippen LogP contribution in [0.15, 0.2) is 42.5 Å². The SMILES string of the molecule is COc1ccc(CN2C(O)CN(Cc3ccc(CC[C](C)C)cc3)S2(O)O)c(OC)c1. The molecule has 0 spiro atoms. The molecule has 7 nitrogen and oxygen atoms in total. The van der Waals surface area contributed by atoms with Gasteiger partial charge in [0.2, 0.25) is 0 Å². The van der Waals surface area contributed by atoms with E-state index in [0.717, 1.165) is 24.0 Å². The molecule has 2 aromatic carbocycles. The Bertz CT molecular complexity index is 860.